The summed E-state index contributed by atoms with van der Waals surface area (Å²) >= 11 is 0. The summed E-state index contributed by atoms with van der Waals surface area (Å²) in [5.41, 5.74) is 6.76. The number of hydrogen-bond acceptors (Lipinski definition) is 3. The first-order valence-electron chi connectivity index (χ1n) is 6.10. The number of nitrogens with two attached hydrogens (primary N) is 1. The number of nitrogen functional groups attached to an aromatic ring is 1. The van der Waals surface area contributed by atoms with Crippen molar-refractivity contribution in [3.63, 3.8) is 0 Å². The van der Waals surface area contributed by atoms with Crippen LogP contribution in [0.1, 0.15) is 29.6 Å². The maximum absolute atomic E-state index is 12.2. The van der Waals surface area contributed by atoms with Gasteiger partial charge in [0.2, 0.25) is 0 Å². The Morgan fingerprint density at radius 2 is 2.28 bits per heavy atom. The summed E-state index contributed by atoms with van der Waals surface area (Å²) in [6.07, 6.45) is 7.12. The SMILES string of the molecule is COc1ccc(N)cc1C(=O)NC1CC=CCC1. The average molecular weight is 246 g/mol. The second-order valence-corrected chi connectivity index (χ2v) is 4.41. The van der Waals surface area contributed by atoms with Crippen molar-refractivity contribution in [3.05, 3.63) is 35.9 Å². The first kappa shape index (κ1) is 12.5. The van der Waals surface area contributed by atoms with E-state index in [9.17, 15) is 4.79 Å². The summed E-state index contributed by atoms with van der Waals surface area (Å²) < 4.78 is 5.18. The van der Waals surface area contributed by atoms with E-state index in [0.29, 0.717) is 17.0 Å². The van der Waals surface area contributed by atoms with E-state index in [4.69, 9.17) is 10.5 Å². The molecule has 2 rings (SSSR count). The van der Waals surface area contributed by atoms with Gasteiger partial charge < -0.3 is 15.8 Å². The normalized spacial score (nSPS) is 18.4. The molecule has 1 atom stereocenters. The van der Waals surface area contributed by atoms with Crippen LogP contribution in [0.5, 0.6) is 5.75 Å². The number of ether oxygens (including phenoxy) is 1. The first-order valence-corrected chi connectivity index (χ1v) is 6.10. The molecule has 0 saturated heterocycles. The number of nitrogens with one attached hydrogen (secondary N) is 1. The quantitative estimate of drug-likeness (QED) is 0.634. The van der Waals surface area contributed by atoms with Gasteiger partial charge in [-0.3, -0.25) is 4.79 Å². The summed E-state index contributed by atoms with van der Waals surface area (Å²) in [5, 5.41) is 3.01. The van der Waals surface area contributed by atoms with Gasteiger partial charge in [-0.1, -0.05) is 12.2 Å². The lowest BCUT2D eigenvalue weighted by Crippen LogP contribution is -2.35. The highest BCUT2D eigenvalue weighted by atomic mass is 16.5. The minimum Gasteiger partial charge on any atom is -0.496 e. The molecule has 1 aliphatic rings. The van der Waals surface area contributed by atoms with Crippen LogP contribution in [-0.4, -0.2) is 19.1 Å². The van der Waals surface area contributed by atoms with Crippen molar-refractivity contribution in [2.24, 2.45) is 0 Å². The van der Waals surface area contributed by atoms with E-state index in [0.717, 1.165) is 19.3 Å². The van der Waals surface area contributed by atoms with Crippen LogP contribution in [0.15, 0.2) is 30.4 Å². The van der Waals surface area contributed by atoms with E-state index in [1.165, 1.54) is 0 Å². The molecule has 0 saturated carbocycles. The average Bonchev–Trinajstić information content (AvgIpc) is 2.40. The molecule has 1 aromatic rings. The summed E-state index contributed by atoms with van der Waals surface area (Å²) in [4.78, 5) is 12.2. The predicted octanol–water partition coefficient (Wildman–Crippen LogP) is 2.12. The molecule has 0 bridgehead atoms. The molecule has 0 radical (unpaired) electrons. The van der Waals surface area contributed by atoms with Crippen LogP contribution in [-0.2, 0) is 0 Å². The molecule has 0 spiro atoms. The zero-order valence-corrected chi connectivity index (χ0v) is 10.5. The number of amides is 1. The van der Waals surface area contributed by atoms with Crippen molar-refractivity contribution in [2.75, 3.05) is 12.8 Å². The van der Waals surface area contributed by atoms with Crippen molar-refractivity contribution in [1.29, 1.82) is 0 Å². The summed E-state index contributed by atoms with van der Waals surface area (Å²) in [7, 11) is 1.55. The summed E-state index contributed by atoms with van der Waals surface area (Å²) in [6, 6.07) is 5.28. The second-order valence-electron chi connectivity index (χ2n) is 4.41. The van der Waals surface area contributed by atoms with Gasteiger partial charge in [-0.2, -0.15) is 0 Å². The van der Waals surface area contributed by atoms with Crippen LogP contribution in [0.3, 0.4) is 0 Å². The van der Waals surface area contributed by atoms with Crippen molar-refractivity contribution in [1.82, 2.24) is 5.32 Å². The molecular weight excluding hydrogens is 228 g/mol. The predicted molar refractivity (Wildman–Crippen MR) is 71.7 cm³/mol. The first-order chi connectivity index (χ1) is 8.70. The third-order valence-corrected chi connectivity index (χ3v) is 3.07. The fourth-order valence-corrected chi connectivity index (χ4v) is 2.09. The van der Waals surface area contributed by atoms with Gasteiger partial charge in [-0.15, -0.1) is 0 Å². The number of benzene rings is 1. The largest absolute Gasteiger partial charge is 0.496 e. The molecule has 18 heavy (non-hydrogen) atoms. The second kappa shape index (κ2) is 5.58. The molecule has 1 aromatic carbocycles. The molecule has 3 N–H and O–H groups in total. The molecule has 1 aliphatic carbocycles. The van der Waals surface area contributed by atoms with Gasteiger partial charge in [0.05, 0.1) is 12.7 Å². The Bertz CT molecular complexity index is 469. The lowest BCUT2D eigenvalue weighted by molar-refractivity contribution is 0.0931. The Kier molecular flexibility index (Phi) is 3.87. The molecule has 0 aromatic heterocycles. The van der Waals surface area contributed by atoms with Crippen molar-refractivity contribution in [2.45, 2.75) is 25.3 Å². The van der Waals surface area contributed by atoms with Crippen LogP contribution in [0.4, 0.5) is 5.69 Å². The van der Waals surface area contributed by atoms with E-state index >= 15 is 0 Å². The number of carbonyl (C=O) groups excluding carboxylic acids is 1. The fourth-order valence-electron chi connectivity index (χ4n) is 2.09. The number of carbonyl (C=O) groups is 1. The number of hydrogen-bond donors (Lipinski definition) is 2. The highest BCUT2D eigenvalue weighted by molar-refractivity contribution is 5.98. The standard InChI is InChI=1S/C14H18N2O2/c1-18-13-8-7-10(15)9-12(13)14(17)16-11-5-3-2-4-6-11/h2-3,7-9,11H,4-6,15H2,1H3,(H,16,17). The van der Waals surface area contributed by atoms with Crippen molar-refractivity contribution in [3.8, 4) is 5.75 Å². The Morgan fingerprint density at radius 1 is 1.44 bits per heavy atom. The third-order valence-electron chi connectivity index (χ3n) is 3.07. The van der Waals surface area contributed by atoms with Crippen molar-refractivity contribution >= 4 is 11.6 Å². The highest BCUT2D eigenvalue weighted by Gasteiger charge is 2.17. The van der Waals surface area contributed by atoms with Crippen molar-refractivity contribution < 1.29 is 9.53 Å². The van der Waals surface area contributed by atoms with Crippen LogP contribution >= 0.6 is 0 Å². The molecule has 96 valence electrons. The van der Waals surface area contributed by atoms with Gasteiger partial charge >= 0.3 is 0 Å². The van der Waals surface area contributed by atoms with Gasteiger partial charge in [-0.25, -0.2) is 0 Å². The van der Waals surface area contributed by atoms with Gasteiger partial charge in [0.15, 0.2) is 0 Å². The maximum atomic E-state index is 12.2. The topological polar surface area (TPSA) is 64.3 Å². The monoisotopic (exact) mass is 246 g/mol. The molecule has 0 fully saturated rings. The summed E-state index contributed by atoms with van der Waals surface area (Å²) in [5.74, 6) is 0.424. The van der Waals surface area contributed by atoms with Gasteiger partial charge in [0.1, 0.15) is 5.75 Å². The molecule has 0 heterocycles. The van der Waals surface area contributed by atoms with E-state index in [-0.39, 0.29) is 11.9 Å². The van der Waals surface area contributed by atoms with E-state index in [1.54, 1.807) is 25.3 Å². The lowest BCUT2D eigenvalue weighted by atomic mass is 10.0. The molecule has 4 heteroatoms. The lowest BCUT2D eigenvalue weighted by Gasteiger charge is -2.20. The Balaban J connectivity index is 2.12. The van der Waals surface area contributed by atoms with Crippen LogP contribution in [0.2, 0.25) is 0 Å². The Labute approximate surface area is 107 Å². The Hall–Kier alpha value is -1.97. The molecule has 0 aliphatic heterocycles. The minimum atomic E-state index is -0.126. The van der Waals surface area contributed by atoms with Crippen LogP contribution in [0, 0.1) is 0 Å². The van der Waals surface area contributed by atoms with Crippen LogP contribution in [0.25, 0.3) is 0 Å². The summed E-state index contributed by atoms with van der Waals surface area (Å²) in [6.45, 7) is 0. The van der Waals surface area contributed by atoms with Gasteiger partial charge in [0, 0.05) is 11.7 Å². The molecular formula is C14H18N2O2. The van der Waals surface area contributed by atoms with Gasteiger partial charge in [0.25, 0.3) is 5.91 Å². The zero-order chi connectivity index (χ0) is 13.0. The number of anilines is 1. The minimum absolute atomic E-state index is 0.126. The highest BCUT2D eigenvalue weighted by Crippen LogP contribution is 2.21. The Morgan fingerprint density at radius 3 is 2.94 bits per heavy atom. The molecule has 4 nitrogen and oxygen atoms in total. The smallest absolute Gasteiger partial charge is 0.255 e. The number of methoxy groups -OCH3 is 1. The van der Waals surface area contributed by atoms with E-state index in [1.807, 2.05) is 0 Å². The fraction of sp³-hybridized carbons (Fsp3) is 0.357. The molecule has 1 amide bonds. The third kappa shape index (κ3) is 2.83. The van der Waals surface area contributed by atoms with Gasteiger partial charge in [-0.05, 0) is 37.5 Å². The number of rotatable bonds is 3. The number of allylic oxidation sites excluding steroid dienone is 1. The molecule has 1 unspecified atom stereocenters. The van der Waals surface area contributed by atoms with Crippen LogP contribution < -0.4 is 15.8 Å². The zero-order valence-electron chi connectivity index (χ0n) is 10.5. The van der Waals surface area contributed by atoms with E-state index < -0.39 is 0 Å². The van der Waals surface area contributed by atoms with E-state index in [2.05, 4.69) is 17.5 Å². The maximum Gasteiger partial charge on any atom is 0.255 e.